The SMILES string of the molecule is CCC(C)[C@H](NC(=O)[C@@H](NC)C(C)C)C(=O)N(C)[C@H](CC(OC)c1nc(C(=O)N[C@@H](Cc2ccccc2)C(=O)NS(=O)(=O)C2CC2)cs1)C(C)C. The Labute approximate surface area is 307 Å². The van der Waals surface area contributed by atoms with Crippen molar-refractivity contribution in [3.8, 4) is 0 Å². The Hall–Kier alpha value is -3.40. The minimum absolute atomic E-state index is 0.0116. The van der Waals surface area contributed by atoms with E-state index in [1.165, 1.54) is 18.4 Å². The van der Waals surface area contributed by atoms with Crippen LogP contribution in [0.4, 0.5) is 0 Å². The van der Waals surface area contributed by atoms with Gasteiger partial charge in [-0.3, -0.25) is 23.9 Å². The van der Waals surface area contributed by atoms with Gasteiger partial charge in [0.15, 0.2) is 0 Å². The minimum Gasteiger partial charge on any atom is -0.374 e. The van der Waals surface area contributed by atoms with Gasteiger partial charge >= 0.3 is 0 Å². The number of hydrogen-bond acceptors (Lipinski definition) is 10. The van der Waals surface area contributed by atoms with Crippen molar-refractivity contribution in [1.29, 1.82) is 0 Å². The molecule has 1 aliphatic carbocycles. The van der Waals surface area contributed by atoms with Crippen LogP contribution >= 0.6 is 11.3 Å². The van der Waals surface area contributed by atoms with Crippen LogP contribution in [-0.4, -0.2) is 92.6 Å². The van der Waals surface area contributed by atoms with Gasteiger partial charge in [-0.2, -0.15) is 0 Å². The number of methoxy groups -OCH3 is 1. The number of ether oxygens (including phenoxy) is 1. The molecule has 3 rings (SSSR count). The fourth-order valence-electron chi connectivity index (χ4n) is 5.97. The van der Waals surface area contributed by atoms with Crippen molar-refractivity contribution in [3.63, 3.8) is 0 Å². The topological polar surface area (TPSA) is 176 Å². The third kappa shape index (κ3) is 11.5. The molecule has 2 aromatic rings. The van der Waals surface area contributed by atoms with Gasteiger partial charge in [0.1, 0.15) is 28.9 Å². The molecule has 1 aliphatic rings. The van der Waals surface area contributed by atoms with Crippen LogP contribution in [0.3, 0.4) is 0 Å². The lowest BCUT2D eigenvalue weighted by Crippen LogP contribution is -2.57. The predicted octanol–water partition coefficient (Wildman–Crippen LogP) is 3.43. The number of carbonyl (C=O) groups is 4. The highest BCUT2D eigenvalue weighted by Crippen LogP contribution is 2.30. The highest BCUT2D eigenvalue weighted by Gasteiger charge is 2.39. The highest BCUT2D eigenvalue weighted by atomic mass is 32.2. The summed E-state index contributed by atoms with van der Waals surface area (Å²) in [6, 6.07) is 6.38. The molecule has 51 heavy (non-hydrogen) atoms. The molecule has 0 radical (unpaired) electrons. The van der Waals surface area contributed by atoms with Crippen molar-refractivity contribution < 1.29 is 32.3 Å². The number of rotatable bonds is 20. The molecule has 4 amide bonds. The van der Waals surface area contributed by atoms with Crippen LogP contribution in [0.25, 0.3) is 0 Å². The third-order valence-corrected chi connectivity index (χ3v) is 12.3. The number of amides is 4. The maximum Gasteiger partial charge on any atom is 0.271 e. The molecular weight excluding hydrogens is 693 g/mol. The molecule has 2 unspecified atom stereocenters. The zero-order valence-corrected chi connectivity index (χ0v) is 32.9. The number of aromatic nitrogens is 1. The van der Waals surface area contributed by atoms with Crippen LogP contribution in [-0.2, 0) is 35.6 Å². The van der Waals surface area contributed by atoms with E-state index >= 15 is 0 Å². The van der Waals surface area contributed by atoms with E-state index in [4.69, 9.17) is 4.74 Å². The number of hydrogen-bond donors (Lipinski definition) is 4. The van der Waals surface area contributed by atoms with Crippen LogP contribution in [0.5, 0.6) is 0 Å². The van der Waals surface area contributed by atoms with Gasteiger partial charge in [0.05, 0.1) is 11.3 Å². The van der Waals surface area contributed by atoms with E-state index in [1.807, 2.05) is 47.6 Å². The molecule has 1 saturated carbocycles. The summed E-state index contributed by atoms with van der Waals surface area (Å²) >= 11 is 1.22. The highest BCUT2D eigenvalue weighted by molar-refractivity contribution is 7.90. The number of sulfonamides is 1. The molecule has 1 aromatic carbocycles. The van der Waals surface area contributed by atoms with E-state index in [1.54, 1.807) is 48.6 Å². The Bertz CT molecular complexity index is 1580. The monoisotopic (exact) mass is 748 g/mol. The predicted molar refractivity (Wildman–Crippen MR) is 198 cm³/mol. The van der Waals surface area contributed by atoms with Crippen LogP contribution < -0.4 is 20.7 Å². The molecule has 6 atom stereocenters. The Morgan fingerprint density at radius 1 is 0.980 bits per heavy atom. The second-order valence-electron chi connectivity index (χ2n) is 14.1. The van der Waals surface area contributed by atoms with Gasteiger partial charge in [-0.05, 0) is 43.2 Å². The molecule has 1 aromatic heterocycles. The van der Waals surface area contributed by atoms with Crippen LogP contribution in [0, 0.1) is 17.8 Å². The minimum atomic E-state index is -3.83. The number of carbonyl (C=O) groups excluding carboxylic acids is 4. The van der Waals surface area contributed by atoms with Crippen molar-refractivity contribution in [2.75, 3.05) is 21.2 Å². The number of thiazole rings is 1. The lowest BCUT2D eigenvalue weighted by molar-refractivity contribution is -0.140. The first-order valence-electron chi connectivity index (χ1n) is 17.7. The zero-order chi connectivity index (χ0) is 38.0. The molecule has 0 spiro atoms. The van der Waals surface area contributed by atoms with Gasteiger partial charge < -0.3 is 25.6 Å². The van der Waals surface area contributed by atoms with Crippen molar-refractivity contribution in [1.82, 2.24) is 30.6 Å². The number of benzene rings is 1. The molecule has 0 saturated heterocycles. The molecule has 15 heteroatoms. The van der Waals surface area contributed by atoms with E-state index in [2.05, 4.69) is 25.7 Å². The summed E-state index contributed by atoms with van der Waals surface area (Å²) in [4.78, 5) is 60.1. The second-order valence-corrected chi connectivity index (χ2v) is 17.0. The summed E-state index contributed by atoms with van der Waals surface area (Å²) < 4.78 is 33.1. The molecule has 284 valence electrons. The largest absolute Gasteiger partial charge is 0.374 e. The number of nitrogens with zero attached hydrogens (tertiary/aromatic N) is 2. The first-order chi connectivity index (χ1) is 24.0. The molecule has 1 heterocycles. The summed E-state index contributed by atoms with van der Waals surface area (Å²) in [7, 11) is 1.18. The van der Waals surface area contributed by atoms with Gasteiger partial charge in [-0.1, -0.05) is 78.3 Å². The number of nitrogens with one attached hydrogen (secondary N) is 4. The van der Waals surface area contributed by atoms with E-state index in [0.29, 0.717) is 30.7 Å². The normalized spacial score (nSPS) is 16.8. The van der Waals surface area contributed by atoms with Crippen molar-refractivity contribution in [3.05, 3.63) is 52.0 Å². The van der Waals surface area contributed by atoms with Crippen LogP contribution in [0.2, 0.25) is 0 Å². The fraction of sp³-hybridized carbons (Fsp3) is 0.639. The summed E-state index contributed by atoms with van der Waals surface area (Å²) in [5.74, 6) is -1.93. The summed E-state index contributed by atoms with van der Waals surface area (Å²) in [5, 5.41) is 10.2. The van der Waals surface area contributed by atoms with Gasteiger partial charge in [-0.15, -0.1) is 11.3 Å². The maximum atomic E-state index is 14.0. The van der Waals surface area contributed by atoms with E-state index in [0.717, 1.165) is 5.56 Å². The average molecular weight is 749 g/mol. The van der Waals surface area contributed by atoms with E-state index in [-0.39, 0.29) is 47.7 Å². The fourth-order valence-corrected chi connectivity index (χ4v) is 8.21. The van der Waals surface area contributed by atoms with Gasteiger partial charge in [-0.25, -0.2) is 13.4 Å². The Morgan fingerprint density at radius 3 is 2.16 bits per heavy atom. The summed E-state index contributed by atoms with van der Waals surface area (Å²) in [5.41, 5.74) is 0.803. The first-order valence-corrected chi connectivity index (χ1v) is 20.1. The molecule has 1 fully saturated rings. The Balaban J connectivity index is 1.78. The Kier molecular flexibility index (Phi) is 15.6. The Morgan fingerprint density at radius 2 is 1.63 bits per heavy atom. The number of likely N-dealkylation sites (N-methyl/N-ethyl adjacent to an activating group) is 2. The average Bonchev–Trinajstić information content (AvgIpc) is 3.85. The van der Waals surface area contributed by atoms with Gasteiger partial charge in [0.2, 0.25) is 21.8 Å². The van der Waals surface area contributed by atoms with Crippen molar-refractivity contribution in [2.24, 2.45) is 17.8 Å². The smallest absolute Gasteiger partial charge is 0.271 e. The summed E-state index contributed by atoms with van der Waals surface area (Å²) in [6.07, 6.45) is 1.56. The standard InChI is InChI=1S/C36H56N6O7S2/c1-10-23(6)31(40-34(45)30(37-7)22(4)5)36(46)42(8)28(21(2)3)19-29(49-9)35-39-27(20-50-35)32(43)38-26(18-24-14-12-11-13-15-24)33(44)41-51(47,48)25-16-17-25/h11-15,20-23,25-26,28-31,37H,10,16-19H2,1-9H3,(H,38,43)(H,40,45)(H,41,44)/t23?,26-,28+,29?,30-,31-/m0/s1. The van der Waals surface area contributed by atoms with E-state index in [9.17, 15) is 27.6 Å². The molecular formula is C36H56N6O7S2. The van der Waals surface area contributed by atoms with Crippen molar-refractivity contribution in [2.45, 2.75) is 109 Å². The first kappa shape index (κ1) is 42.0. The lowest BCUT2D eigenvalue weighted by Gasteiger charge is -2.37. The maximum absolute atomic E-state index is 14.0. The quantitative estimate of drug-likeness (QED) is 0.158. The second kappa shape index (κ2) is 18.9. The molecule has 0 bridgehead atoms. The third-order valence-electron chi connectivity index (χ3n) is 9.53. The van der Waals surface area contributed by atoms with Gasteiger partial charge in [0.25, 0.3) is 11.8 Å². The molecule has 13 nitrogen and oxygen atoms in total. The van der Waals surface area contributed by atoms with Crippen LogP contribution in [0.15, 0.2) is 35.7 Å². The van der Waals surface area contributed by atoms with E-state index < -0.39 is 51.3 Å². The molecule has 0 aliphatic heterocycles. The van der Waals surface area contributed by atoms with Crippen molar-refractivity contribution >= 4 is 45.0 Å². The van der Waals surface area contributed by atoms with Gasteiger partial charge in [0, 0.05) is 38.4 Å². The summed E-state index contributed by atoms with van der Waals surface area (Å²) in [6.45, 7) is 11.8. The van der Waals surface area contributed by atoms with Crippen LogP contribution in [0.1, 0.15) is 94.4 Å². The lowest BCUT2D eigenvalue weighted by atomic mass is 9.92. The molecule has 4 N–H and O–H groups in total. The zero-order valence-electron chi connectivity index (χ0n) is 31.3.